The quantitative estimate of drug-likeness (QED) is 0.877. The van der Waals surface area contributed by atoms with Crippen molar-refractivity contribution in [2.45, 2.75) is 12.6 Å². The van der Waals surface area contributed by atoms with Crippen molar-refractivity contribution in [3.63, 3.8) is 0 Å². The molecule has 1 aromatic heterocycles. The average molecular weight is 287 g/mol. The lowest BCUT2D eigenvalue weighted by molar-refractivity contribution is -0.0295. The van der Waals surface area contributed by atoms with Gasteiger partial charge in [0, 0.05) is 26.2 Å². The molecule has 2 heterocycles. The molecule has 6 heteroatoms. The molecule has 0 bridgehead atoms. The molecule has 1 unspecified atom stereocenters. The molecule has 0 amide bonds. The van der Waals surface area contributed by atoms with Crippen LogP contribution in [0.1, 0.15) is 5.69 Å². The molecular formula is C15H21N5O. The van der Waals surface area contributed by atoms with Crippen LogP contribution in [0.2, 0.25) is 0 Å². The lowest BCUT2D eigenvalue weighted by Crippen LogP contribution is -2.45. The van der Waals surface area contributed by atoms with Gasteiger partial charge in [-0.1, -0.05) is 18.2 Å². The van der Waals surface area contributed by atoms with Crippen LogP contribution < -0.4 is 5.32 Å². The van der Waals surface area contributed by atoms with Crippen molar-refractivity contribution in [3.8, 4) is 5.69 Å². The number of benzene rings is 1. The fourth-order valence-corrected chi connectivity index (χ4v) is 2.56. The van der Waals surface area contributed by atoms with E-state index in [1.54, 1.807) is 4.80 Å². The maximum Gasteiger partial charge on any atom is 0.0971 e. The van der Waals surface area contributed by atoms with Gasteiger partial charge >= 0.3 is 0 Å². The largest absolute Gasteiger partial charge is 0.374 e. The second-order valence-corrected chi connectivity index (χ2v) is 5.25. The third-order valence-corrected chi connectivity index (χ3v) is 3.57. The van der Waals surface area contributed by atoms with E-state index in [-0.39, 0.29) is 6.10 Å². The van der Waals surface area contributed by atoms with E-state index in [1.165, 1.54) is 0 Å². The summed E-state index contributed by atoms with van der Waals surface area (Å²) in [5, 5.41) is 12.1. The second kappa shape index (κ2) is 6.80. The molecule has 3 rings (SSSR count). The van der Waals surface area contributed by atoms with Crippen LogP contribution in [0.15, 0.2) is 36.5 Å². The van der Waals surface area contributed by atoms with Crippen LogP contribution in [-0.2, 0) is 11.3 Å². The monoisotopic (exact) mass is 287 g/mol. The van der Waals surface area contributed by atoms with Crippen LogP contribution in [0.25, 0.3) is 5.69 Å². The van der Waals surface area contributed by atoms with Crippen molar-refractivity contribution in [1.29, 1.82) is 0 Å². The lowest BCUT2D eigenvalue weighted by Gasteiger charge is -2.32. The highest BCUT2D eigenvalue weighted by molar-refractivity contribution is 5.28. The normalized spacial score (nSPS) is 19.8. The highest BCUT2D eigenvalue weighted by Gasteiger charge is 2.20. The summed E-state index contributed by atoms with van der Waals surface area (Å²) in [6.07, 6.45) is 2.10. The first-order valence-corrected chi connectivity index (χ1v) is 7.30. The van der Waals surface area contributed by atoms with Gasteiger partial charge in [-0.3, -0.25) is 4.90 Å². The zero-order valence-electron chi connectivity index (χ0n) is 12.3. The van der Waals surface area contributed by atoms with E-state index < -0.39 is 0 Å². The number of hydrogen-bond acceptors (Lipinski definition) is 5. The summed E-state index contributed by atoms with van der Waals surface area (Å²) in [7, 11) is 1.95. The Labute approximate surface area is 124 Å². The second-order valence-electron chi connectivity index (χ2n) is 5.25. The number of nitrogens with zero attached hydrogens (tertiary/aromatic N) is 4. The van der Waals surface area contributed by atoms with Crippen molar-refractivity contribution in [2.24, 2.45) is 0 Å². The third kappa shape index (κ3) is 3.66. The standard InChI is InChI=1S/C15H21N5O/c1-16-10-15-12-19(7-8-21-15)11-13-9-17-20(18-13)14-5-3-2-4-6-14/h2-6,9,15-16H,7-8,10-12H2,1H3. The van der Waals surface area contributed by atoms with Crippen LogP contribution in [0.4, 0.5) is 0 Å². The van der Waals surface area contributed by atoms with Crippen molar-refractivity contribution in [3.05, 3.63) is 42.2 Å². The Bertz CT molecular complexity index is 554. The zero-order chi connectivity index (χ0) is 14.5. The topological polar surface area (TPSA) is 55.2 Å². The van der Waals surface area contributed by atoms with Crippen molar-refractivity contribution in [1.82, 2.24) is 25.2 Å². The van der Waals surface area contributed by atoms with Gasteiger partial charge in [0.05, 0.1) is 30.3 Å². The summed E-state index contributed by atoms with van der Waals surface area (Å²) in [6.45, 7) is 4.35. The van der Waals surface area contributed by atoms with Crippen molar-refractivity contribution in [2.75, 3.05) is 33.3 Å². The van der Waals surface area contributed by atoms with E-state index in [2.05, 4.69) is 20.4 Å². The fourth-order valence-electron chi connectivity index (χ4n) is 2.56. The maximum absolute atomic E-state index is 5.72. The molecule has 1 fully saturated rings. The Kier molecular flexibility index (Phi) is 4.59. The number of para-hydroxylation sites is 1. The lowest BCUT2D eigenvalue weighted by atomic mass is 10.2. The molecule has 1 aliphatic heterocycles. The first kappa shape index (κ1) is 14.2. The van der Waals surface area contributed by atoms with E-state index in [4.69, 9.17) is 4.74 Å². The number of aromatic nitrogens is 3. The SMILES string of the molecule is CNCC1CN(Cc2cnn(-c3ccccc3)n2)CCO1. The number of rotatable bonds is 5. The molecule has 0 spiro atoms. The molecule has 2 aromatic rings. The molecular weight excluding hydrogens is 266 g/mol. The molecule has 1 aliphatic rings. The summed E-state index contributed by atoms with van der Waals surface area (Å²) in [4.78, 5) is 4.05. The van der Waals surface area contributed by atoms with Crippen LogP contribution in [0.3, 0.4) is 0 Å². The van der Waals surface area contributed by atoms with Gasteiger partial charge in [-0.2, -0.15) is 15.0 Å². The Morgan fingerprint density at radius 1 is 1.33 bits per heavy atom. The zero-order valence-corrected chi connectivity index (χ0v) is 12.3. The van der Waals surface area contributed by atoms with E-state index in [9.17, 15) is 0 Å². The van der Waals surface area contributed by atoms with E-state index in [0.29, 0.717) is 0 Å². The average Bonchev–Trinajstić information content (AvgIpc) is 2.97. The molecule has 112 valence electrons. The number of morpholine rings is 1. The van der Waals surface area contributed by atoms with Crippen LogP contribution in [0.5, 0.6) is 0 Å². The predicted molar refractivity (Wildman–Crippen MR) is 80.3 cm³/mol. The van der Waals surface area contributed by atoms with Crippen LogP contribution in [-0.4, -0.2) is 59.3 Å². The summed E-state index contributed by atoms with van der Waals surface area (Å²) >= 11 is 0. The molecule has 1 N–H and O–H groups in total. The third-order valence-electron chi connectivity index (χ3n) is 3.57. The minimum absolute atomic E-state index is 0.257. The summed E-state index contributed by atoms with van der Waals surface area (Å²) in [6, 6.07) is 9.97. The van der Waals surface area contributed by atoms with Crippen LogP contribution in [0, 0.1) is 0 Å². The molecule has 0 saturated carbocycles. The van der Waals surface area contributed by atoms with Crippen LogP contribution >= 0.6 is 0 Å². The van der Waals surface area contributed by atoms with Gasteiger partial charge in [0.25, 0.3) is 0 Å². The van der Waals surface area contributed by atoms with Gasteiger partial charge < -0.3 is 10.1 Å². The summed E-state index contributed by atoms with van der Waals surface area (Å²) in [5.41, 5.74) is 1.97. The first-order chi connectivity index (χ1) is 10.3. The molecule has 1 aromatic carbocycles. The minimum atomic E-state index is 0.257. The number of ether oxygens (including phenoxy) is 1. The Morgan fingerprint density at radius 3 is 3.00 bits per heavy atom. The number of likely N-dealkylation sites (N-methyl/N-ethyl adjacent to an activating group) is 1. The smallest absolute Gasteiger partial charge is 0.0971 e. The number of nitrogens with one attached hydrogen (secondary N) is 1. The highest BCUT2D eigenvalue weighted by Crippen LogP contribution is 2.10. The Balaban J connectivity index is 1.62. The molecule has 6 nitrogen and oxygen atoms in total. The molecule has 0 radical (unpaired) electrons. The maximum atomic E-state index is 5.72. The molecule has 1 atom stereocenters. The van der Waals surface area contributed by atoms with Crippen molar-refractivity contribution < 1.29 is 4.74 Å². The van der Waals surface area contributed by atoms with Gasteiger partial charge in [0.2, 0.25) is 0 Å². The van der Waals surface area contributed by atoms with Crippen molar-refractivity contribution >= 4 is 0 Å². The minimum Gasteiger partial charge on any atom is -0.374 e. The number of hydrogen-bond donors (Lipinski definition) is 1. The van der Waals surface area contributed by atoms with E-state index in [1.807, 2.05) is 43.6 Å². The Morgan fingerprint density at radius 2 is 2.19 bits per heavy atom. The predicted octanol–water partition coefficient (Wildman–Crippen LogP) is 0.687. The van der Waals surface area contributed by atoms with Gasteiger partial charge in [-0.05, 0) is 19.2 Å². The van der Waals surface area contributed by atoms with Gasteiger partial charge in [0.15, 0.2) is 0 Å². The Hall–Kier alpha value is -1.76. The van der Waals surface area contributed by atoms with Gasteiger partial charge in [-0.15, -0.1) is 0 Å². The van der Waals surface area contributed by atoms with Gasteiger partial charge in [0.1, 0.15) is 0 Å². The fraction of sp³-hybridized carbons (Fsp3) is 0.467. The molecule has 21 heavy (non-hydrogen) atoms. The van der Waals surface area contributed by atoms with Gasteiger partial charge in [-0.25, -0.2) is 0 Å². The first-order valence-electron chi connectivity index (χ1n) is 7.30. The van der Waals surface area contributed by atoms with E-state index >= 15 is 0 Å². The summed E-state index contributed by atoms with van der Waals surface area (Å²) in [5.74, 6) is 0. The van der Waals surface area contributed by atoms with E-state index in [0.717, 1.165) is 44.2 Å². The molecule has 1 saturated heterocycles. The molecule has 0 aliphatic carbocycles. The summed E-state index contributed by atoms with van der Waals surface area (Å²) < 4.78 is 5.72. The highest BCUT2D eigenvalue weighted by atomic mass is 16.5.